The van der Waals surface area contributed by atoms with Crippen LogP contribution >= 0.6 is 22.7 Å². The summed E-state index contributed by atoms with van der Waals surface area (Å²) < 4.78 is 27.0. The Balaban J connectivity index is 1.50. The molecule has 0 aliphatic carbocycles. The van der Waals surface area contributed by atoms with Crippen LogP contribution in [0.2, 0.25) is 0 Å². The monoisotopic (exact) mass is 387 g/mol. The number of fused-ring (bicyclic) bond motifs is 1. The Kier molecular flexibility index (Phi) is 4.44. The highest BCUT2D eigenvalue weighted by atomic mass is 32.1. The van der Waals surface area contributed by atoms with Crippen LogP contribution in [0.3, 0.4) is 0 Å². The molecule has 0 saturated heterocycles. The van der Waals surface area contributed by atoms with Crippen LogP contribution in [0.4, 0.5) is 13.9 Å². The van der Waals surface area contributed by atoms with Crippen LogP contribution in [0.15, 0.2) is 47.8 Å². The van der Waals surface area contributed by atoms with Gasteiger partial charge in [-0.3, -0.25) is 10.1 Å². The molecule has 0 bridgehead atoms. The number of carbonyl (C=O) groups excluding carboxylic acids is 1. The molecule has 0 spiro atoms. The lowest BCUT2D eigenvalue weighted by Crippen LogP contribution is -2.12. The molecule has 2 aromatic heterocycles. The first-order valence-corrected chi connectivity index (χ1v) is 9.33. The lowest BCUT2D eigenvalue weighted by atomic mass is 10.2. The molecule has 4 aromatic rings. The standard InChI is InChI=1S/C18H11F2N3OS2/c19-11-7-13-15(8-12(11)20)26-18(22-13)23-17(24)14-9-25-16(21-14)6-10-4-2-1-3-5-10/h1-5,7-9H,6H2,(H,22,23,24). The van der Waals surface area contributed by atoms with E-state index >= 15 is 0 Å². The molecule has 2 aromatic carbocycles. The Bertz CT molecular complexity index is 1050. The quantitative estimate of drug-likeness (QED) is 0.543. The zero-order chi connectivity index (χ0) is 18.1. The fourth-order valence-corrected chi connectivity index (χ4v) is 4.08. The normalized spacial score (nSPS) is 11.0. The van der Waals surface area contributed by atoms with E-state index in [1.54, 1.807) is 5.38 Å². The van der Waals surface area contributed by atoms with Crippen molar-refractivity contribution in [2.75, 3.05) is 5.32 Å². The van der Waals surface area contributed by atoms with Crippen molar-refractivity contribution >= 4 is 43.9 Å². The predicted molar refractivity (Wildman–Crippen MR) is 98.9 cm³/mol. The highest BCUT2D eigenvalue weighted by Crippen LogP contribution is 2.28. The van der Waals surface area contributed by atoms with E-state index in [9.17, 15) is 13.6 Å². The van der Waals surface area contributed by atoms with Crippen molar-refractivity contribution in [2.45, 2.75) is 6.42 Å². The van der Waals surface area contributed by atoms with Gasteiger partial charge in [-0.2, -0.15) is 0 Å². The zero-order valence-corrected chi connectivity index (χ0v) is 14.8. The summed E-state index contributed by atoms with van der Waals surface area (Å²) >= 11 is 2.48. The summed E-state index contributed by atoms with van der Waals surface area (Å²) in [6.45, 7) is 0. The van der Waals surface area contributed by atoms with Crippen LogP contribution in [0.25, 0.3) is 10.2 Å². The van der Waals surface area contributed by atoms with Crippen molar-refractivity contribution in [3.05, 3.63) is 75.7 Å². The average molecular weight is 387 g/mol. The highest BCUT2D eigenvalue weighted by molar-refractivity contribution is 7.22. The van der Waals surface area contributed by atoms with Gasteiger partial charge in [-0.15, -0.1) is 11.3 Å². The van der Waals surface area contributed by atoms with E-state index < -0.39 is 17.5 Å². The molecule has 0 radical (unpaired) electrons. The molecule has 2 heterocycles. The number of aromatic nitrogens is 2. The first-order valence-electron chi connectivity index (χ1n) is 7.64. The summed E-state index contributed by atoms with van der Waals surface area (Å²) in [6, 6.07) is 11.9. The number of carbonyl (C=O) groups is 1. The van der Waals surface area contributed by atoms with Crippen molar-refractivity contribution in [3.63, 3.8) is 0 Å². The fourth-order valence-electron chi connectivity index (χ4n) is 2.41. The topological polar surface area (TPSA) is 54.9 Å². The molecule has 4 rings (SSSR count). The Labute approximate surface area is 155 Å². The molecule has 1 N–H and O–H groups in total. The van der Waals surface area contributed by atoms with Gasteiger partial charge in [0, 0.05) is 17.9 Å². The molecule has 8 heteroatoms. The molecule has 4 nitrogen and oxygen atoms in total. The molecule has 1 amide bonds. The molecule has 26 heavy (non-hydrogen) atoms. The van der Waals surface area contributed by atoms with Crippen molar-refractivity contribution < 1.29 is 13.6 Å². The summed E-state index contributed by atoms with van der Waals surface area (Å²) in [5, 5.41) is 5.41. The van der Waals surface area contributed by atoms with E-state index in [1.807, 2.05) is 30.3 Å². The van der Waals surface area contributed by atoms with Crippen LogP contribution in [-0.2, 0) is 6.42 Å². The molecule has 0 aliphatic heterocycles. The number of benzene rings is 2. The Morgan fingerprint density at radius 1 is 1.08 bits per heavy atom. The largest absolute Gasteiger partial charge is 0.296 e. The van der Waals surface area contributed by atoms with Gasteiger partial charge in [-0.25, -0.2) is 18.7 Å². The predicted octanol–water partition coefficient (Wildman–Crippen LogP) is 4.87. The molecule has 130 valence electrons. The molecule has 0 unspecified atom stereocenters. The lowest BCUT2D eigenvalue weighted by molar-refractivity contribution is 0.102. The second kappa shape index (κ2) is 6.89. The Morgan fingerprint density at radius 3 is 2.65 bits per heavy atom. The number of thiazole rings is 2. The molecule has 0 saturated carbocycles. The molecule has 0 aliphatic rings. The maximum absolute atomic E-state index is 13.3. The lowest BCUT2D eigenvalue weighted by Gasteiger charge is -1.98. The van der Waals surface area contributed by atoms with Crippen molar-refractivity contribution in [2.24, 2.45) is 0 Å². The number of anilines is 1. The van der Waals surface area contributed by atoms with E-state index in [0.717, 1.165) is 34.0 Å². The molecule has 0 atom stereocenters. The zero-order valence-electron chi connectivity index (χ0n) is 13.2. The van der Waals surface area contributed by atoms with Crippen LogP contribution in [-0.4, -0.2) is 15.9 Å². The van der Waals surface area contributed by atoms with Crippen LogP contribution in [0.5, 0.6) is 0 Å². The van der Waals surface area contributed by atoms with E-state index in [-0.39, 0.29) is 10.8 Å². The smallest absolute Gasteiger partial charge is 0.276 e. The van der Waals surface area contributed by atoms with Gasteiger partial charge in [0.1, 0.15) is 5.69 Å². The minimum Gasteiger partial charge on any atom is -0.296 e. The highest BCUT2D eigenvalue weighted by Gasteiger charge is 2.15. The molecular weight excluding hydrogens is 376 g/mol. The fraction of sp³-hybridized carbons (Fsp3) is 0.0556. The van der Waals surface area contributed by atoms with Crippen molar-refractivity contribution in [1.82, 2.24) is 9.97 Å². The summed E-state index contributed by atoms with van der Waals surface area (Å²) in [4.78, 5) is 20.8. The number of hydrogen-bond acceptors (Lipinski definition) is 5. The number of halogens is 2. The third kappa shape index (κ3) is 3.47. The van der Waals surface area contributed by atoms with Crippen molar-refractivity contribution in [3.8, 4) is 0 Å². The second-order valence-electron chi connectivity index (χ2n) is 5.50. The minimum absolute atomic E-state index is 0.271. The van der Waals surface area contributed by atoms with Gasteiger partial charge in [0.2, 0.25) is 0 Å². The first-order chi connectivity index (χ1) is 12.6. The van der Waals surface area contributed by atoms with E-state index in [1.165, 1.54) is 11.3 Å². The van der Waals surface area contributed by atoms with Crippen molar-refractivity contribution in [1.29, 1.82) is 0 Å². The average Bonchev–Trinajstić information content (AvgIpc) is 3.23. The van der Waals surface area contributed by atoms with Gasteiger partial charge in [-0.1, -0.05) is 41.7 Å². The van der Waals surface area contributed by atoms with Gasteiger partial charge in [0.15, 0.2) is 16.8 Å². The summed E-state index contributed by atoms with van der Waals surface area (Å²) in [5.41, 5.74) is 1.70. The Morgan fingerprint density at radius 2 is 1.85 bits per heavy atom. The van der Waals surface area contributed by atoms with E-state index in [4.69, 9.17) is 0 Å². The maximum atomic E-state index is 13.3. The maximum Gasteiger partial charge on any atom is 0.276 e. The van der Waals surface area contributed by atoms with Gasteiger partial charge in [0.25, 0.3) is 5.91 Å². The first kappa shape index (κ1) is 16.7. The van der Waals surface area contributed by atoms with Crippen LogP contribution in [0, 0.1) is 11.6 Å². The molecular formula is C18H11F2N3OS2. The number of rotatable bonds is 4. The number of hydrogen-bond donors (Lipinski definition) is 1. The third-order valence-corrected chi connectivity index (χ3v) is 5.42. The SMILES string of the molecule is O=C(Nc1nc2cc(F)c(F)cc2s1)c1csc(Cc2ccccc2)n1. The van der Waals surface area contributed by atoms with Gasteiger partial charge >= 0.3 is 0 Å². The number of nitrogens with zero attached hydrogens (tertiary/aromatic N) is 2. The van der Waals surface area contributed by atoms with Gasteiger partial charge in [-0.05, 0) is 11.6 Å². The van der Waals surface area contributed by atoms with Gasteiger partial charge < -0.3 is 0 Å². The minimum atomic E-state index is -0.967. The third-order valence-electron chi connectivity index (χ3n) is 3.63. The van der Waals surface area contributed by atoms with E-state index in [2.05, 4.69) is 15.3 Å². The molecule has 0 fully saturated rings. The van der Waals surface area contributed by atoms with Crippen LogP contribution < -0.4 is 5.32 Å². The summed E-state index contributed by atoms with van der Waals surface area (Å²) in [7, 11) is 0. The Hall–Kier alpha value is -2.71. The van der Waals surface area contributed by atoms with Gasteiger partial charge in [0.05, 0.1) is 15.2 Å². The number of nitrogens with one attached hydrogen (secondary N) is 1. The van der Waals surface area contributed by atoms with Crippen LogP contribution in [0.1, 0.15) is 21.1 Å². The summed E-state index contributed by atoms with van der Waals surface area (Å²) in [5.74, 6) is -2.31. The second-order valence-corrected chi connectivity index (χ2v) is 7.47. The van der Waals surface area contributed by atoms with E-state index in [0.29, 0.717) is 16.6 Å². The number of amides is 1. The summed E-state index contributed by atoms with van der Waals surface area (Å²) in [6.07, 6.45) is 0.651.